The van der Waals surface area contributed by atoms with Crippen molar-refractivity contribution in [1.29, 1.82) is 0 Å². The third kappa shape index (κ3) is 1.92. The van der Waals surface area contributed by atoms with Crippen LogP contribution in [0.1, 0.15) is 12.5 Å². The Kier molecular flexibility index (Phi) is 3.47. The molecule has 96 valence electrons. The molecule has 1 aliphatic heterocycles. The maximum atomic E-state index is 11.3. The number of carbonyl (C=O) groups is 1. The molecule has 1 aromatic carbocycles. The summed E-state index contributed by atoms with van der Waals surface area (Å²) in [5.41, 5.74) is 1.13. The van der Waals surface area contributed by atoms with Crippen molar-refractivity contribution in [3.05, 3.63) is 47.5 Å². The molecule has 0 amide bonds. The van der Waals surface area contributed by atoms with Gasteiger partial charge in [0.25, 0.3) is 5.79 Å². The topological polar surface area (TPSA) is 65.0 Å². The summed E-state index contributed by atoms with van der Waals surface area (Å²) >= 11 is 0. The highest BCUT2D eigenvalue weighted by atomic mass is 17.2. The summed E-state index contributed by atoms with van der Waals surface area (Å²) in [6.07, 6.45) is 0.952. The molecule has 18 heavy (non-hydrogen) atoms. The van der Waals surface area contributed by atoms with E-state index in [-0.39, 0.29) is 6.10 Å². The van der Waals surface area contributed by atoms with E-state index in [1.807, 2.05) is 6.07 Å². The monoisotopic (exact) mass is 250 g/mol. The molecule has 0 aliphatic carbocycles. The van der Waals surface area contributed by atoms with Crippen LogP contribution >= 0.6 is 0 Å². The number of carbonyl (C=O) groups excluding carboxylic acids is 1. The van der Waals surface area contributed by atoms with E-state index >= 15 is 0 Å². The molecule has 0 bridgehead atoms. The second-order valence-electron chi connectivity index (χ2n) is 3.96. The average Bonchev–Trinajstić information content (AvgIpc) is 2.42. The van der Waals surface area contributed by atoms with Gasteiger partial charge >= 0.3 is 5.97 Å². The van der Waals surface area contributed by atoms with E-state index in [2.05, 4.69) is 9.62 Å². The van der Waals surface area contributed by atoms with Crippen LogP contribution in [0.15, 0.2) is 42.0 Å². The molecular weight excluding hydrogens is 236 g/mol. The summed E-state index contributed by atoms with van der Waals surface area (Å²) in [6.45, 7) is 1.76. The van der Waals surface area contributed by atoms with Crippen LogP contribution < -0.4 is 0 Å². The van der Waals surface area contributed by atoms with E-state index in [0.29, 0.717) is 11.1 Å². The number of hydrogen-bond donors (Lipinski definition) is 1. The lowest BCUT2D eigenvalue weighted by Gasteiger charge is -2.46. The van der Waals surface area contributed by atoms with Crippen LogP contribution in [0.25, 0.3) is 0 Å². The predicted octanol–water partition coefficient (Wildman–Crippen LogP) is 1.85. The quantitative estimate of drug-likeness (QED) is 0.384. The van der Waals surface area contributed by atoms with Gasteiger partial charge in [0.15, 0.2) is 0 Å². The van der Waals surface area contributed by atoms with Gasteiger partial charge in [0.1, 0.15) is 0 Å². The second-order valence-corrected chi connectivity index (χ2v) is 3.96. The fraction of sp³-hybridized carbons (Fsp3) is 0.308. The summed E-state index contributed by atoms with van der Waals surface area (Å²) in [7, 11) is 1.29. The van der Waals surface area contributed by atoms with Gasteiger partial charge in [0, 0.05) is 17.2 Å². The fourth-order valence-corrected chi connectivity index (χ4v) is 2.01. The van der Waals surface area contributed by atoms with Gasteiger partial charge in [-0.15, -0.1) is 0 Å². The molecular formula is C13H14O5. The van der Waals surface area contributed by atoms with Gasteiger partial charge in [-0.2, -0.15) is 4.89 Å². The normalized spacial score (nSPS) is 28.8. The van der Waals surface area contributed by atoms with Crippen molar-refractivity contribution in [3.8, 4) is 0 Å². The first-order chi connectivity index (χ1) is 8.64. The van der Waals surface area contributed by atoms with E-state index in [4.69, 9.17) is 9.99 Å². The van der Waals surface area contributed by atoms with Crippen LogP contribution in [0, 0.1) is 0 Å². The smallest absolute Gasteiger partial charge is 0.330 e. The Hall–Kier alpha value is -1.69. The van der Waals surface area contributed by atoms with Crippen molar-refractivity contribution in [2.75, 3.05) is 7.11 Å². The molecule has 1 saturated heterocycles. The first-order valence-electron chi connectivity index (χ1n) is 5.50. The molecule has 0 radical (unpaired) electrons. The lowest BCUT2D eigenvalue weighted by atomic mass is 9.87. The number of ether oxygens (including phenoxy) is 2. The van der Waals surface area contributed by atoms with E-state index in [0.717, 1.165) is 0 Å². The van der Waals surface area contributed by atoms with Crippen molar-refractivity contribution < 1.29 is 24.4 Å². The number of hydrogen-bond acceptors (Lipinski definition) is 5. The fourth-order valence-electron chi connectivity index (χ4n) is 2.01. The molecule has 5 nitrogen and oxygen atoms in total. The van der Waals surface area contributed by atoms with Crippen molar-refractivity contribution in [2.45, 2.75) is 18.8 Å². The summed E-state index contributed by atoms with van der Waals surface area (Å²) in [5, 5.41) is 9.15. The Bertz CT molecular complexity index is 468. The molecule has 1 aromatic rings. The molecule has 1 fully saturated rings. The standard InChI is InChI=1S/C13H14O5/c1-9-11(8-12(14)16-2)13(17-9,18-15)10-6-4-3-5-7-10/h3-9,15H,1-2H3/b11-8+. The van der Waals surface area contributed by atoms with Crippen LogP contribution in [0.2, 0.25) is 0 Å². The minimum atomic E-state index is -1.41. The van der Waals surface area contributed by atoms with Crippen LogP contribution in [0.5, 0.6) is 0 Å². The highest BCUT2D eigenvalue weighted by molar-refractivity contribution is 5.83. The Balaban J connectivity index is 2.40. The summed E-state index contributed by atoms with van der Waals surface area (Å²) in [6, 6.07) is 8.90. The van der Waals surface area contributed by atoms with Gasteiger partial charge in [-0.05, 0) is 6.92 Å². The van der Waals surface area contributed by atoms with Gasteiger partial charge < -0.3 is 9.47 Å². The Labute approximate surface area is 105 Å². The molecule has 2 unspecified atom stereocenters. The van der Waals surface area contributed by atoms with E-state index in [9.17, 15) is 4.79 Å². The highest BCUT2D eigenvalue weighted by Gasteiger charge is 2.53. The number of rotatable bonds is 3. The van der Waals surface area contributed by atoms with Crippen molar-refractivity contribution in [3.63, 3.8) is 0 Å². The van der Waals surface area contributed by atoms with Gasteiger partial charge in [-0.3, -0.25) is 0 Å². The third-order valence-corrected chi connectivity index (χ3v) is 2.92. The van der Waals surface area contributed by atoms with E-state index in [1.165, 1.54) is 13.2 Å². The second kappa shape index (κ2) is 4.89. The summed E-state index contributed by atoms with van der Waals surface area (Å²) in [5.74, 6) is -1.92. The van der Waals surface area contributed by atoms with E-state index in [1.54, 1.807) is 31.2 Å². The van der Waals surface area contributed by atoms with Gasteiger partial charge in [0.2, 0.25) is 0 Å². The van der Waals surface area contributed by atoms with Crippen molar-refractivity contribution in [2.24, 2.45) is 0 Å². The largest absolute Gasteiger partial charge is 0.466 e. The van der Waals surface area contributed by atoms with Crippen molar-refractivity contribution in [1.82, 2.24) is 0 Å². The minimum Gasteiger partial charge on any atom is -0.466 e. The molecule has 0 spiro atoms. The zero-order valence-corrected chi connectivity index (χ0v) is 10.1. The van der Waals surface area contributed by atoms with E-state index < -0.39 is 11.8 Å². The molecule has 1 aliphatic rings. The lowest BCUT2D eigenvalue weighted by Crippen LogP contribution is -2.51. The Morgan fingerprint density at radius 3 is 2.61 bits per heavy atom. The van der Waals surface area contributed by atoms with Gasteiger partial charge in [-0.25, -0.2) is 10.1 Å². The Morgan fingerprint density at radius 2 is 2.11 bits per heavy atom. The first-order valence-corrected chi connectivity index (χ1v) is 5.50. The molecule has 5 heteroatoms. The zero-order valence-electron chi connectivity index (χ0n) is 10.1. The maximum absolute atomic E-state index is 11.3. The first kappa shape index (κ1) is 12.8. The molecule has 0 aromatic heterocycles. The van der Waals surface area contributed by atoms with Crippen LogP contribution in [-0.2, 0) is 24.9 Å². The molecule has 1 heterocycles. The molecule has 0 saturated carbocycles. The third-order valence-electron chi connectivity index (χ3n) is 2.92. The number of methoxy groups -OCH3 is 1. The maximum Gasteiger partial charge on any atom is 0.330 e. The summed E-state index contributed by atoms with van der Waals surface area (Å²) in [4.78, 5) is 15.8. The van der Waals surface area contributed by atoms with Gasteiger partial charge in [0.05, 0.1) is 13.2 Å². The lowest BCUT2D eigenvalue weighted by molar-refractivity contribution is -0.436. The molecule has 1 N–H and O–H groups in total. The van der Waals surface area contributed by atoms with Gasteiger partial charge in [-0.1, -0.05) is 30.3 Å². The summed E-state index contributed by atoms with van der Waals surface area (Å²) < 4.78 is 10.0. The molecule has 2 atom stereocenters. The van der Waals surface area contributed by atoms with Crippen LogP contribution in [0.4, 0.5) is 0 Å². The molecule has 2 rings (SSSR count). The average molecular weight is 250 g/mol. The Morgan fingerprint density at radius 1 is 1.44 bits per heavy atom. The van der Waals surface area contributed by atoms with Crippen molar-refractivity contribution >= 4 is 5.97 Å². The SMILES string of the molecule is COC(=O)/C=C1\C(C)OC1(OO)c1ccccc1. The highest BCUT2D eigenvalue weighted by Crippen LogP contribution is 2.47. The predicted molar refractivity (Wildman–Crippen MR) is 62.5 cm³/mol. The van der Waals surface area contributed by atoms with Crippen LogP contribution in [-0.4, -0.2) is 24.4 Å². The number of benzene rings is 1. The number of esters is 1. The van der Waals surface area contributed by atoms with Crippen LogP contribution in [0.3, 0.4) is 0 Å². The zero-order chi connectivity index (χ0) is 13.2. The minimum absolute atomic E-state index is 0.323.